The van der Waals surface area contributed by atoms with Gasteiger partial charge in [-0.1, -0.05) is 41.4 Å². The molecule has 0 bridgehead atoms. The van der Waals surface area contributed by atoms with Crippen LogP contribution in [0.3, 0.4) is 0 Å². The predicted molar refractivity (Wildman–Crippen MR) is 134 cm³/mol. The van der Waals surface area contributed by atoms with E-state index in [1.54, 1.807) is 30.3 Å². The van der Waals surface area contributed by atoms with Gasteiger partial charge in [0, 0.05) is 23.1 Å². The Kier molecular flexibility index (Phi) is 6.87. The van der Waals surface area contributed by atoms with Gasteiger partial charge in [-0.05, 0) is 43.3 Å². The standard InChI is InChI=1S/C25H20Cl2FNO6S/c1-25(13-36(32,33)34,29-23(30)16-6-3-4-7-17(16)24(29)31)12-14-10-15(28)11-18(22(14)35-2)21-19(26)8-5-9-20(21)27/h3-11H,12-13H2,1-2H3,(H,32,33,34). The van der Waals surface area contributed by atoms with Crippen LogP contribution in [0.4, 0.5) is 4.39 Å². The summed E-state index contributed by atoms with van der Waals surface area (Å²) >= 11 is 12.7. The van der Waals surface area contributed by atoms with Gasteiger partial charge in [-0.3, -0.25) is 19.0 Å². The van der Waals surface area contributed by atoms with Crippen molar-refractivity contribution in [2.45, 2.75) is 18.9 Å². The minimum Gasteiger partial charge on any atom is -0.496 e. The third kappa shape index (κ3) is 4.71. The molecule has 0 aromatic heterocycles. The molecule has 0 spiro atoms. The van der Waals surface area contributed by atoms with Gasteiger partial charge in [0.15, 0.2) is 0 Å². The van der Waals surface area contributed by atoms with Crippen LogP contribution in [0.5, 0.6) is 5.75 Å². The van der Waals surface area contributed by atoms with Crippen molar-refractivity contribution in [1.29, 1.82) is 0 Å². The highest BCUT2D eigenvalue weighted by molar-refractivity contribution is 7.85. The van der Waals surface area contributed by atoms with Crippen molar-refractivity contribution in [3.05, 3.63) is 87.2 Å². The predicted octanol–water partition coefficient (Wildman–Crippen LogP) is 5.29. The van der Waals surface area contributed by atoms with E-state index in [2.05, 4.69) is 0 Å². The smallest absolute Gasteiger partial charge is 0.267 e. The van der Waals surface area contributed by atoms with Gasteiger partial charge in [-0.25, -0.2) is 4.39 Å². The number of imide groups is 1. The van der Waals surface area contributed by atoms with Crippen molar-refractivity contribution in [2.75, 3.05) is 12.9 Å². The van der Waals surface area contributed by atoms with Crippen LogP contribution in [0.25, 0.3) is 11.1 Å². The second kappa shape index (κ2) is 9.48. The van der Waals surface area contributed by atoms with E-state index in [1.165, 1.54) is 26.2 Å². The monoisotopic (exact) mass is 551 g/mol. The molecule has 1 atom stereocenters. The molecule has 11 heteroatoms. The fraction of sp³-hybridized carbons (Fsp3) is 0.200. The van der Waals surface area contributed by atoms with E-state index in [9.17, 15) is 27.0 Å². The van der Waals surface area contributed by atoms with Crippen molar-refractivity contribution in [3.8, 4) is 16.9 Å². The third-order valence-corrected chi connectivity index (χ3v) is 7.58. The first-order chi connectivity index (χ1) is 16.9. The van der Waals surface area contributed by atoms with Gasteiger partial charge in [0.25, 0.3) is 21.9 Å². The first-order valence-electron chi connectivity index (χ1n) is 10.6. The van der Waals surface area contributed by atoms with Crippen LogP contribution in [0, 0.1) is 5.82 Å². The zero-order valence-electron chi connectivity index (χ0n) is 19.1. The van der Waals surface area contributed by atoms with Crippen molar-refractivity contribution >= 4 is 45.1 Å². The maximum absolute atomic E-state index is 14.9. The number of hydrogen-bond donors (Lipinski definition) is 1. The molecule has 1 unspecified atom stereocenters. The Morgan fingerprint density at radius 1 is 0.972 bits per heavy atom. The summed E-state index contributed by atoms with van der Waals surface area (Å²) in [6.45, 7) is 1.33. The molecule has 0 aliphatic carbocycles. The van der Waals surface area contributed by atoms with E-state index >= 15 is 0 Å². The lowest BCUT2D eigenvalue weighted by Gasteiger charge is -2.37. The second-order valence-corrected chi connectivity index (χ2v) is 10.9. The highest BCUT2D eigenvalue weighted by atomic mass is 35.5. The fourth-order valence-corrected chi connectivity index (χ4v) is 6.26. The Hall–Kier alpha value is -2.98. The fourth-order valence-electron chi connectivity index (χ4n) is 4.64. The summed E-state index contributed by atoms with van der Waals surface area (Å²) in [5.74, 6) is -3.05. The van der Waals surface area contributed by atoms with Gasteiger partial charge in [-0.15, -0.1) is 0 Å². The summed E-state index contributed by atoms with van der Waals surface area (Å²) in [4.78, 5) is 27.2. The maximum atomic E-state index is 14.9. The molecule has 0 radical (unpaired) electrons. The normalized spacial score (nSPS) is 15.1. The lowest BCUT2D eigenvalue weighted by atomic mass is 9.89. The number of halogens is 3. The average molecular weight is 552 g/mol. The first-order valence-corrected chi connectivity index (χ1v) is 13.0. The van der Waals surface area contributed by atoms with Crippen LogP contribution in [-0.4, -0.2) is 48.1 Å². The van der Waals surface area contributed by atoms with Crippen LogP contribution < -0.4 is 4.74 Å². The summed E-state index contributed by atoms with van der Waals surface area (Å²) in [6.07, 6.45) is -0.367. The molecule has 1 aliphatic rings. The van der Waals surface area contributed by atoms with Gasteiger partial charge in [0.2, 0.25) is 0 Å². The highest BCUT2D eigenvalue weighted by Gasteiger charge is 2.48. The van der Waals surface area contributed by atoms with Crippen LogP contribution >= 0.6 is 23.2 Å². The lowest BCUT2D eigenvalue weighted by molar-refractivity contribution is 0.0483. The number of ether oxygens (including phenoxy) is 1. The molecule has 0 saturated carbocycles. The zero-order valence-corrected chi connectivity index (χ0v) is 21.4. The number of nitrogens with zero attached hydrogens (tertiary/aromatic N) is 1. The number of hydrogen-bond acceptors (Lipinski definition) is 5. The zero-order chi connectivity index (χ0) is 26.4. The number of rotatable bonds is 7. The van der Waals surface area contributed by atoms with E-state index in [-0.39, 0.29) is 50.0 Å². The number of amides is 2. The summed E-state index contributed by atoms with van der Waals surface area (Å²) in [7, 11) is -3.38. The van der Waals surface area contributed by atoms with Crippen LogP contribution in [0.15, 0.2) is 54.6 Å². The Bertz CT molecular complexity index is 1460. The first kappa shape index (κ1) is 26.1. The molecule has 188 valence electrons. The third-order valence-electron chi connectivity index (χ3n) is 5.97. The number of carbonyl (C=O) groups is 2. The Morgan fingerprint density at radius 3 is 2.03 bits per heavy atom. The molecule has 0 fully saturated rings. The lowest BCUT2D eigenvalue weighted by Crippen LogP contribution is -2.55. The molecule has 7 nitrogen and oxygen atoms in total. The Labute approximate surface area is 217 Å². The number of fused-ring (bicyclic) bond motifs is 1. The Balaban J connectivity index is 1.90. The van der Waals surface area contributed by atoms with Crippen LogP contribution in [0.2, 0.25) is 10.0 Å². The van der Waals surface area contributed by atoms with Crippen molar-refractivity contribution < 1.29 is 31.7 Å². The Morgan fingerprint density at radius 2 is 1.53 bits per heavy atom. The topological polar surface area (TPSA) is 101 Å². The molecule has 36 heavy (non-hydrogen) atoms. The summed E-state index contributed by atoms with van der Waals surface area (Å²) in [6, 6.07) is 13.1. The number of methoxy groups -OCH3 is 1. The van der Waals surface area contributed by atoms with Crippen molar-refractivity contribution in [3.63, 3.8) is 0 Å². The number of carbonyl (C=O) groups excluding carboxylic acids is 2. The van der Waals surface area contributed by atoms with Gasteiger partial charge < -0.3 is 4.74 Å². The molecule has 1 heterocycles. The van der Waals surface area contributed by atoms with Crippen LogP contribution in [0.1, 0.15) is 33.2 Å². The van der Waals surface area contributed by atoms with E-state index in [0.29, 0.717) is 0 Å². The van der Waals surface area contributed by atoms with Gasteiger partial charge >= 0.3 is 0 Å². The van der Waals surface area contributed by atoms with Gasteiger partial charge in [0.05, 0.1) is 39.6 Å². The SMILES string of the molecule is COc1c(CC(C)(CS(=O)(=O)O)N2C(=O)c3ccccc3C2=O)cc(F)cc1-c1c(Cl)cccc1Cl. The molecule has 1 aliphatic heterocycles. The summed E-state index contributed by atoms with van der Waals surface area (Å²) < 4.78 is 54.3. The second-order valence-electron chi connectivity index (χ2n) is 8.63. The van der Waals surface area contributed by atoms with E-state index in [4.69, 9.17) is 27.9 Å². The molecule has 3 aromatic carbocycles. The summed E-state index contributed by atoms with van der Waals surface area (Å²) in [5.41, 5.74) is -1.01. The molecular formula is C25H20Cl2FNO6S. The molecular weight excluding hydrogens is 532 g/mol. The molecule has 3 aromatic rings. The van der Waals surface area contributed by atoms with Crippen LogP contribution in [-0.2, 0) is 16.5 Å². The van der Waals surface area contributed by atoms with E-state index in [1.807, 2.05) is 0 Å². The molecule has 1 N–H and O–H groups in total. The minimum atomic E-state index is -4.70. The van der Waals surface area contributed by atoms with Crippen molar-refractivity contribution in [1.82, 2.24) is 4.90 Å². The molecule has 0 saturated heterocycles. The van der Waals surface area contributed by atoms with Gasteiger partial charge in [-0.2, -0.15) is 8.42 Å². The van der Waals surface area contributed by atoms with E-state index in [0.717, 1.165) is 17.0 Å². The number of benzene rings is 3. The minimum absolute atomic E-state index is 0.0961. The van der Waals surface area contributed by atoms with Crippen molar-refractivity contribution in [2.24, 2.45) is 0 Å². The quantitative estimate of drug-likeness (QED) is 0.316. The maximum Gasteiger partial charge on any atom is 0.267 e. The summed E-state index contributed by atoms with van der Waals surface area (Å²) in [5, 5.41) is 0.441. The van der Waals surface area contributed by atoms with E-state index < -0.39 is 39.0 Å². The van der Waals surface area contributed by atoms with Gasteiger partial charge in [0.1, 0.15) is 11.6 Å². The highest BCUT2D eigenvalue weighted by Crippen LogP contribution is 2.43. The average Bonchev–Trinajstić information content (AvgIpc) is 3.03. The largest absolute Gasteiger partial charge is 0.496 e. The molecule has 2 amide bonds. The molecule has 4 rings (SSSR count).